The Morgan fingerprint density at radius 3 is 2.11 bits per heavy atom. The first-order valence-electron chi connectivity index (χ1n) is 9.19. The molecule has 1 saturated heterocycles. The molecular weight excluding hydrogens is 363 g/mol. The van der Waals surface area contributed by atoms with Crippen molar-refractivity contribution in [3.8, 4) is 0 Å². The Bertz CT molecular complexity index is 500. The number of nitrogens with one attached hydrogen (secondary N) is 4. The smallest absolute Gasteiger partial charge is 0.352 e. The normalized spacial score (nSPS) is 18.7. The van der Waals surface area contributed by atoms with Crippen LogP contribution in [0.3, 0.4) is 0 Å². The van der Waals surface area contributed by atoms with Gasteiger partial charge in [0.25, 0.3) is 0 Å². The summed E-state index contributed by atoms with van der Waals surface area (Å²) in [7, 11) is 0. The van der Waals surface area contributed by atoms with Gasteiger partial charge in [0.1, 0.15) is 12.1 Å². The van der Waals surface area contributed by atoms with Crippen LogP contribution >= 0.6 is 0 Å². The molecule has 0 saturated carbocycles. The average Bonchev–Trinajstić information content (AvgIpc) is 2.50. The molecule has 10 heteroatoms. The molecule has 1 aliphatic rings. The molecule has 7 nitrogen and oxygen atoms in total. The van der Waals surface area contributed by atoms with Crippen LogP contribution in [0.1, 0.15) is 34.6 Å². The minimum atomic E-state index is -4.45. The summed E-state index contributed by atoms with van der Waals surface area (Å²) in [6, 6.07) is -3.21. The zero-order valence-electron chi connectivity index (χ0n) is 16.7. The fraction of sp³-hybridized carbons (Fsp3) is 0.882. The van der Waals surface area contributed by atoms with Crippen molar-refractivity contribution in [1.82, 2.24) is 26.2 Å². The van der Waals surface area contributed by atoms with Gasteiger partial charge in [-0.15, -0.1) is 0 Å². The van der Waals surface area contributed by atoms with Crippen LogP contribution in [0.2, 0.25) is 0 Å². The number of alkyl halides is 3. The zero-order valence-corrected chi connectivity index (χ0v) is 16.7. The highest BCUT2D eigenvalue weighted by Crippen LogP contribution is 2.24. The number of hydrogen-bond acceptors (Lipinski definition) is 4. The molecule has 0 aromatic heterocycles. The van der Waals surface area contributed by atoms with Gasteiger partial charge in [0.2, 0.25) is 5.91 Å². The van der Waals surface area contributed by atoms with Crippen LogP contribution < -0.4 is 21.3 Å². The molecule has 0 spiro atoms. The van der Waals surface area contributed by atoms with Crippen LogP contribution in [0.25, 0.3) is 0 Å². The molecule has 1 aliphatic heterocycles. The lowest BCUT2D eigenvalue weighted by atomic mass is 10.0. The Kier molecular flexibility index (Phi) is 8.34. The Labute approximate surface area is 158 Å². The molecule has 0 aromatic rings. The SMILES string of the molecule is CC(C)[C@H](NC(=O)NC(C)(C)C)C(=O)NCC(N1CCNCC1)C(F)(F)F. The van der Waals surface area contributed by atoms with Crippen molar-refractivity contribution in [3.05, 3.63) is 0 Å². The van der Waals surface area contributed by atoms with Crippen molar-refractivity contribution in [1.29, 1.82) is 0 Å². The number of halogens is 3. The van der Waals surface area contributed by atoms with Gasteiger partial charge in [0, 0.05) is 38.3 Å². The molecule has 0 aromatic carbocycles. The van der Waals surface area contributed by atoms with Gasteiger partial charge in [-0.1, -0.05) is 13.8 Å². The van der Waals surface area contributed by atoms with Crippen molar-refractivity contribution < 1.29 is 22.8 Å². The van der Waals surface area contributed by atoms with Gasteiger partial charge in [-0.3, -0.25) is 9.69 Å². The zero-order chi connectivity index (χ0) is 20.8. The first-order valence-corrected chi connectivity index (χ1v) is 9.19. The lowest BCUT2D eigenvalue weighted by Gasteiger charge is -2.36. The molecule has 1 fully saturated rings. The van der Waals surface area contributed by atoms with Crippen molar-refractivity contribution in [2.75, 3.05) is 32.7 Å². The Morgan fingerprint density at radius 2 is 1.67 bits per heavy atom. The van der Waals surface area contributed by atoms with E-state index in [1.54, 1.807) is 34.6 Å². The summed E-state index contributed by atoms with van der Waals surface area (Å²) in [6.45, 7) is 9.74. The number of piperazine rings is 1. The van der Waals surface area contributed by atoms with Crippen LogP contribution in [0, 0.1) is 5.92 Å². The van der Waals surface area contributed by atoms with E-state index in [9.17, 15) is 22.8 Å². The third-order valence-corrected chi connectivity index (χ3v) is 4.16. The van der Waals surface area contributed by atoms with Gasteiger partial charge in [-0.05, 0) is 26.7 Å². The van der Waals surface area contributed by atoms with Crippen molar-refractivity contribution in [2.45, 2.75) is 58.4 Å². The summed E-state index contributed by atoms with van der Waals surface area (Å²) in [5, 5.41) is 10.6. The highest BCUT2D eigenvalue weighted by atomic mass is 19.4. The first-order chi connectivity index (χ1) is 12.3. The van der Waals surface area contributed by atoms with Crippen molar-refractivity contribution in [2.24, 2.45) is 5.92 Å². The van der Waals surface area contributed by atoms with E-state index in [2.05, 4.69) is 21.3 Å². The summed E-state index contributed by atoms with van der Waals surface area (Å²) in [4.78, 5) is 25.8. The van der Waals surface area contributed by atoms with Crippen LogP contribution in [-0.2, 0) is 4.79 Å². The molecular formula is C17H32F3N5O2. The molecule has 27 heavy (non-hydrogen) atoms. The number of urea groups is 1. The van der Waals surface area contributed by atoms with E-state index in [1.165, 1.54) is 4.90 Å². The Hall–Kier alpha value is -1.55. The molecule has 2 atom stereocenters. The first kappa shape index (κ1) is 23.5. The second kappa shape index (κ2) is 9.59. The second-order valence-corrected chi connectivity index (χ2v) is 8.16. The van der Waals surface area contributed by atoms with Gasteiger partial charge in [0.15, 0.2) is 0 Å². The number of carbonyl (C=O) groups is 2. The molecule has 1 heterocycles. The molecule has 1 unspecified atom stereocenters. The topological polar surface area (TPSA) is 85.5 Å². The minimum absolute atomic E-state index is 0.264. The van der Waals surface area contributed by atoms with Crippen LogP contribution in [0.15, 0.2) is 0 Å². The number of hydrogen-bond donors (Lipinski definition) is 4. The Balaban J connectivity index is 2.71. The molecule has 0 bridgehead atoms. The van der Waals surface area contributed by atoms with Gasteiger partial charge in [0.05, 0.1) is 0 Å². The summed E-state index contributed by atoms with van der Waals surface area (Å²) >= 11 is 0. The van der Waals surface area contributed by atoms with E-state index >= 15 is 0 Å². The summed E-state index contributed by atoms with van der Waals surface area (Å²) in [5.41, 5.74) is -0.494. The van der Waals surface area contributed by atoms with Crippen LogP contribution in [0.4, 0.5) is 18.0 Å². The van der Waals surface area contributed by atoms with Crippen LogP contribution in [-0.4, -0.2) is 73.4 Å². The van der Waals surface area contributed by atoms with Crippen molar-refractivity contribution >= 4 is 11.9 Å². The maximum absolute atomic E-state index is 13.4. The van der Waals surface area contributed by atoms with Gasteiger partial charge < -0.3 is 21.3 Å². The molecule has 1 rings (SSSR count). The van der Waals surface area contributed by atoms with E-state index in [1.807, 2.05) is 0 Å². The van der Waals surface area contributed by atoms with E-state index in [4.69, 9.17) is 0 Å². The van der Waals surface area contributed by atoms with E-state index in [0.29, 0.717) is 13.1 Å². The standard InChI is InChI=1S/C17H32F3N5O2/c1-11(2)13(23-15(27)24-16(3,4)5)14(26)22-10-12(17(18,19)20)25-8-6-21-7-9-25/h11-13,21H,6-10H2,1-5H3,(H,22,26)(H2,23,24,27)/t12?,13-/m0/s1. The molecule has 158 valence electrons. The largest absolute Gasteiger partial charge is 0.405 e. The van der Waals surface area contributed by atoms with E-state index < -0.39 is 42.3 Å². The highest BCUT2D eigenvalue weighted by Gasteiger charge is 2.44. The lowest BCUT2D eigenvalue weighted by Crippen LogP contribution is -2.60. The van der Waals surface area contributed by atoms with Gasteiger partial charge in [-0.25, -0.2) is 4.79 Å². The van der Waals surface area contributed by atoms with E-state index in [0.717, 1.165) is 0 Å². The van der Waals surface area contributed by atoms with E-state index in [-0.39, 0.29) is 19.0 Å². The second-order valence-electron chi connectivity index (χ2n) is 8.16. The third kappa shape index (κ3) is 8.34. The van der Waals surface area contributed by atoms with Gasteiger partial charge >= 0.3 is 12.2 Å². The fourth-order valence-electron chi connectivity index (χ4n) is 2.81. The number of amides is 3. The highest BCUT2D eigenvalue weighted by molar-refractivity contribution is 5.87. The lowest BCUT2D eigenvalue weighted by molar-refractivity contribution is -0.184. The predicted octanol–water partition coefficient (Wildman–Crippen LogP) is 1.06. The summed E-state index contributed by atoms with van der Waals surface area (Å²) in [6.07, 6.45) is -4.45. The fourth-order valence-corrected chi connectivity index (χ4v) is 2.81. The molecule has 3 amide bonds. The minimum Gasteiger partial charge on any atom is -0.352 e. The quantitative estimate of drug-likeness (QED) is 0.542. The van der Waals surface area contributed by atoms with Crippen molar-refractivity contribution in [3.63, 3.8) is 0 Å². The monoisotopic (exact) mass is 395 g/mol. The average molecular weight is 395 g/mol. The van der Waals surface area contributed by atoms with Gasteiger partial charge in [-0.2, -0.15) is 13.2 Å². The summed E-state index contributed by atoms with van der Waals surface area (Å²) < 4.78 is 40.3. The molecule has 0 radical (unpaired) electrons. The maximum atomic E-state index is 13.4. The number of nitrogens with zero attached hydrogens (tertiary/aromatic N) is 1. The predicted molar refractivity (Wildman–Crippen MR) is 97.3 cm³/mol. The maximum Gasteiger partial charge on any atom is 0.405 e. The molecule has 0 aliphatic carbocycles. The Morgan fingerprint density at radius 1 is 1.11 bits per heavy atom. The number of rotatable bonds is 6. The van der Waals surface area contributed by atoms with Crippen LogP contribution in [0.5, 0.6) is 0 Å². The number of carbonyl (C=O) groups excluding carboxylic acids is 2. The molecule has 4 N–H and O–H groups in total. The summed E-state index contributed by atoms with van der Waals surface area (Å²) in [5.74, 6) is -0.905. The third-order valence-electron chi connectivity index (χ3n) is 4.16.